The van der Waals surface area contributed by atoms with E-state index in [1.807, 2.05) is 12.5 Å². The van der Waals surface area contributed by atoms with Gasteiger partial charge in [0.2, 0.25) is 0 Å². The Hall–Kier alpha value is -1.61. The van der Waals surface area contributed by atoms with E-state index in [1.54, 1.807) is 0 Å². The van der Waals surface area contributed by atoms with Gasteiger partial charge in [0.25, 0.3) is 0 Å². The zero-order chi connectivity index (χ0) is 14.7. The fraction of sp³-hybridized carbons (Fsp3) is 0.526. The monoisotopic (exact) mass is 294 g/mol. The molecule has 2 aromatic heterocycles. The molecule has 2 bridgehead atoms. The van der Waals surface area contributed by atoms with Gasteiger partial charge < -0.3 is 9.51 Å². The molecule has 4 atom stereocenters. The molecule has 2 fully saturated rings. The highest BCUT2D eigenvalue weighted by Crippen LogP contribution is 2.50. The van der Waals surface area contributed by atoms with Crippen molar-refractivity contribution in [2.24, 2.45) is 17.8 Å². The van der Waals surface area contributed by atoms with Crippen LogP contribution in [-0.2, 0) is 0 Å². The van der Waals surface area contributed by atoms with E-state index in [1.165, 1.54) is 31.2 Å². The van der Waals surface area contributed by atoms with Crippen LogP contribution in [0.3, 0.4) is 0 Å². The molecule has 2 saturated carbocycles. The Bertz CT molecular complexity index is 743. The summed E-state index contributed by atoms with van der Waals surface area (Å²) in [6.45, 7) is 0. The zero-order valence-electron chi connectivity index (χ0n) is 12.7. The predicted octanol–water partition coefficient (Wildman–Crippen LogP) is 3.85. The van der Waals surface area contributed by atoms with Crippen LogP contribution in [0.1, 0.15) is 55.3 Å². The second-order valence-corrected chi connectivity index (χ2v) is 7.38. The fourth-order valence-corrected chi connectivity index (χ4v) is 4.66. The maximum absolute atomic E-state index is 11.3. The standard InChI is InChI=1S/C19H22N2O/c22-19(16-9-12-1-3-14(16)4-2-12)18-15(13-5-6-13)7-8-21-11-20-10-17(18)21/h1,3,7-8,10-14,16,19,22H,2,4-6,9H2. The Morgan fingerprint density at radius 1 is 1.18 bits per heavy atom. The number of nitrogens with zero attached hydrogens (tertiary/aromatic N) is 2. The molecule has 114 valence electrons. The number of hydrogen-bond donors (Lipinski definition) is 1. The SMILES string of the molecule is OC(c1c(C2CC2)ccn2cncc12)C1CC2C=CC1CC2. The third kappa shape index (κ3) is 1.88. The van der Waals surface area contributed by atoms with Gasteiger partial charge in [0.15, 0.2) is 0 Å². The summed E-state index contributed by atoms with van der Waals surface area (Å²) >= 11 is 0. The molecular weight excluding hydrogens is 272 g/mol. The van der Waals surface area contributed by atoms with E-state index in [9.17, 15) is 5.11 Å². The minimum atomic E-state index is -0.353. The van der Waals surface area contributed by atoms with Gasteiger partial charge >= 0.3 is 0 Å². The highest BCUT2D eigenvalue weighted by molar-refractivity contribution is 5.59. The molecule has 4 unspecified atom stereocenters. The molecule has 2 aromatic rings. The van der Waals surface area contributed by atoms with Gasteiger partial charge in [-0.05, 0) is 67.4 Å². The van der Waals surface area contributed by atoms with Crippen molar-refractivity contribution in [1.29, 1.82) is 0 Å². The van der Waals surface area contributed by atoms with Crippen LogP contribution in [0.15, 0.2) is 36.9 Å². The average Bonchev–Trinajstić information content (AvgIpc) is 3.31. The first-order valence-corrected chi connectivity index (χ1v) is 8.62. The number of imidazole rings is 1. The minimum absolute atomic E-state index is 0.353. The van der Waals surface area contributed by atoms with E-state index in [0.717, 1.165) is 17.5 Å². The summed E-state index contributed by atoms with van der Waals surface area (Å²) in [5.74, 6) is 2.26. The van der Waals surface area contributed by atoms with E-state index >= 15 is 0 Å². The Kier molecular flexibility index (Phi) is 2.75. The van der Waals surface area contributed by atoms with E-state index < -0.39 is 0 Å². The lowest BCUT2D eigenvalue weighted by Gasteiger charge is -2.41. The second-order valence-electron chi connectivity index (χ2n) is 7.38. The molecule has 3 nitrogen and oxygen atoms in total. The number of pyridine rings is 1. The molecule has 0 amide bonds. The minimum Gasteiger partial charge on any atom is -0.388 e. The van der Waals surface area contributed by atoms with Gasteiger partial charge in [-0.15, -0.1) is 0 Å². The Balaban J connectivity index is 1.61. The largest absolute Gasteiger partial charge is 0.388 e. The van der Waals surface area contributed by atoms with Crippen molar-refractivity contribution >= 4 is 5.52 Å². The number of aliphatic hydroxyl groups is 1. The molecule has 0 spiro atoms. The van der Waals surface area contributed by atoms with Crippen LogP contribution in [0.4, 0.5) is 0 Å². The van der Waals surface area contributed by atoms with Crippen LogP contribution < -0.4 is 0 Å². The molecule has 4 aliphatic carbocycles. The molecule has 0 saturated heterocycles. The van der Waals surface area contributed by atoms with Gasteiger partial charge in [-0.25, -0.2) is 4.98 Å². The van der Waals surface area contributed by atoms with Crippen molar-refractivity contribution in [3.8, 4) is 0 Å². The Morgan fingerprint density at radius 2 is 2.09 bits per heavy atom. The average molecular weight is 294 g/mol. The van der Waals surface area contributed by atoms with Crippen molar-refractivity contribution in [3.63, 3.8) is 0 Å². The molecule has 6 rings (SSSR count). The second kappa shape index (κ2) is 4.69. The summed E-state index contributed by atoms with van der Waals surface area (Å²) in [5, 5.41) is 11.3. The summed E-state index contributed by atoms with van der Waals surface area (Å²) in [4.78, 5) is 4.30. The van der Waals surface area contributed by atoms with Crippen molar-refractivity contribution in [2.75, 3.05) is 0 Å². The molecule has 0 aliphatic heterocycles. The van der Waals surface area contributed by atoms with Gasteiger partial charge in [0.05, 0.1) is 24.1 Å². The van der Waals surface area contributed by atoms with E-state index in [-0.39, 0.29) is 6.10 Å². The molecular formula is C19H22N2O. The summed E-state index contributed by atoms with van der Waals surface area (Å²) in [5.41, 5.74) is 3.63. The van der Waals surface area contributed by atoms with Crippen LogP contribution in [0.2, 0.25) is 0 Å². The summed E-state index contributed by atoms with van der Waals surface area (Å²) in [7, 11) is 0. The van der Waals surface area contributed by atoms with Crippen molar-refractivity contribution in [2.45, 2.75) is 44.1 Å². The molecule has 2 heterocycles. The van der Waals surface area contributed by atoms with Crippen molar-refractivity contribution < 1.29 is 5.11 Å². The molecule has 0 radical (unpaired) electrons. The van der Waals surface area contributed by atoms with E-state index in [0.29, 0.717) is 23.7 Å². The van der Waals surface area contributed by atoms with E-state index in [2.05, 4.69) is 33.8 Å². The lowest BCUT2D eigenvalue weighted by atomic mass is 9.66. The number of fused-ring (bicyclic) bond motifs is 3. The topological polar surface area (TPSA) is 37.5 Å². The van der Waals surface area contributed by atoms with Crippen LogP contribution in [0.25, 0.3) is 5.52 Å². The number of rotatable bonds is 3. The molecule has 0 aromatic carbocycles. The van der Waals surface area contributed by atoms with Gasteiger partial charge in [-0.1, -0.05) is 12.2 Å². The number of hydrogen-bond acceptors (Lipinski definition) is 2. The van der Waals surface area contributed by atoms with Crippen LogP contribution in [0.5, 0.6) is 0 Å². The number of allylic oxidation sites excluding steroid dienone is 2. The van der Waals surface area contributed by atoms with Crippen molar-refractivity contribution in [1.82, 2.24) is 9.38 Å². The number of aromatic nitrogens is 2. The zero-order valence-corrected chi connectivity index (χ0v) is 12.7. The van der Waals surface area contributed by atoms with Crippen LogP contribution in [0, 0.1) is 17.8 Å². The summed E-state index contributed by atoms with van der Waals surface area (Å²) < 4.78 is 2.06. The van der Waals surface area contributed by atoms with Crippen LogP contribution in [-0.4, -0.2) is 14.5 Å². The molecule has 22 heavy (non-hydrogen) atoms. The van der Waals surface area contributed by atoms with Crippen molar-refractivity contribution in [3.05, 3.63) is 48.1 Å². The molecule has 1 N–H and O–H groups in total. The molecule has 4 aliphatic rings. The maximum Gasteiger partial charge on any atom is 0.0992 e. The Morgan fingerprint density at radius 3 is 2.77 bits per heavy atom. The third-order valence-electron chi connectivity index (χ3n) is 6.01. The first kappa shape index (κ1) is 12.9. The third-order valence-corrected chi connectivity index (χ3v) is 6.01. The lowest BCUT2D eigenvalue weighted by Crippen LogP contribution is -2.32. The molecule has 3 heteroatoms. The van der Waals surface area contributed by atoms with Gasteiger partial charge in [-0.2, -0.15) is 0 Å². The van der Waals surface area contributed by atoms with Gasteiger partial charge in [0.1, 0.15) is 0 Å². The highest BCUT2D eigenvalue weighted by Gasteiger charge is 2.39. The predicted molar refractivity (Wildman–Crippen MR) is 85.6 cm³/mol. The highest BCUT2D eigenvalue weighted by atomic mass is 16.3. The summed E-state index contributed by atoms with van der Waals surface area (Å²) in [6, 6.07) is 2.21. The van der Waals surface area contributed by atoms with Crippen LogP contribution >= 0.6 is 0 Å². The van der Waals surface area contributed by atoms with Gasteiger partial charge in [0, 0.05) is 11.8 Å². The Labute approximate surface area is 130 Å². The first-order chi connectivity index (χ1) is 10.8. The van der Waals surface area contributed by atoms with Gasteiger partial charge in [-0.3, -0.25) is 0 Å². The fourth-order valence-electron chi connectivity index (χ4n) is 4.66. The maximum atomic E-state index is 11.3. The normalized spacial score (nSPS) is 31.8. The summed E-state index contributed by atoms with van der Waals surface area (Å²) in [6.07, 6.45) is 16.4. The quantitative estimate of drug-likeness (QED) is 0.873. The first-order valence-electron chi connectivity index (χ1n) is 8.62. The smallest absolute Gasteiger partial charge is 0.0992 e. The number of aliphatic hydroxyl groups excluding tert-OH is 1. The van der Waals surface area contributed by atoms with E-state index in [4.69, 9.17) is 0 Å². The lowest BCUT2D eigenvalue weighted by molar-refractivity contribution is 0.0447.